The number of piperazine rings is 1. The van der Waals surface area contributed by atoms with Gasteiger partial charge < -0.3 is 15.5 Å². The van der Waals surface area contributed by atoms with Crippen molar-refractivity contribution in [2.24, 2.45) is 0 Å². The Hall–Kier alpha value is -4.64. The minimum atomic E-state index is -0.560. The van der Waals surface area contributed by atoms with Gasteiger partial charge in [0.1, 0.15) is 17.1 Å². The maximum Gasteiger partial charge on any atom is 0.271 e. The molecule has 0 spiro atoms. The lowest BCUT2D eigenvalue weighted by Crippen LogP contribution is -2.46. The molecule has 4 aromatic heterocycles. The van der Waals surface area contributed by atoms with Crippen LogP contribution in [0.1, 0.15) is 46.9 Å². The van der Waals surface area contributed by atoms with Crippen molar-refractivity contribution < 1.29 is 9.18 Å². The second kappa shape index (κ2) is 10.6. The molecule has 10 nitrogen and oxygen atoms in total. The molecule has 0 aliphatic carbocycles. The second-order valence-electron chi connectivity index (χ2n) is 11.0. The van der Waals surface area contributed by atoms with Crippen molar-refractivity contribution in [1.29, 1.82) is 0 Å². The van der Waals surface area contributed by atoms with E-state index in [2.05, 4.69) is 25.8 Å². The van der Waals surface area contributed by atoms with Gasteiger partial charge in [-0.05, 0) is 49.1 Å². The number of nitrogens with zero attached hydrogens (tertiary/aromatic N) is 5. The van der Waals surface area contributed by atoms with Crippen LogP contribution in [0.5, 0.6) is 0 Å². The number of hydrogen-bond donors (Lipinski definition) is 3. The van der Waals surface area contributed by atoms with Gasteiger partial charge in [0.15, 0.2) is 5.65 Å². The molecular weight excluding hydrogens is 535 g/mol. The molecule has 1 saturated heterocycles. The van der Waals surface area contributed by atoms with Gasteiger partial charge in [0, 0.05) is 55.8 Å². The average Bonchev–Trinajstić information content (AvgIpc) is 3.46. The summed E-state index contributed by atoms with van der Waals surface area (Å²) < 4.78 is 17.8. The zero-order valence-electron chi connectivity index (χ0n) is 24.3. The summed E-state index contributed by atoms with van der Waals surface area (Å²) in [5.74, 6) is -1.14. The molecule has 6 rings (SSSR count). The Bertz CT molecular complexity index is 1920. The molecule has 1 amide bonds. The fourth-order valence-electron chi connectivity index (χ4n) is 5.92. The van der Waals surface area contributed by atoms with Gasteiger partial charge in [-0.3, -0.25) is 24.2 Å². The van der Waals surface area contributed by atoms with Crippen LogP contribution < -0.4 is 21.1 Å². The number of aromatic nitrogens is 5. The van der Waals surface area contributed by atoms with E-state index >= 15 is 4.39 Å². The summed E-state index contributed by atoms with van der Waals surface area (Å²) in [4.78, 5) is 39.6. The quantitative estimate of drug-likeness (QED) is 0.293. The molecular formula is C31H33FN8O2. The predicted molar refractivity (Wildman–Crippen MR) is 162 cm³/mol. The van der Waals surface area contributed by atoms with Crippen LogP contribution in [0.4, 0.5) is 10.1 Å². The van der Waals surface area contributed by atoms with E-state index in [0.29, 0.717) is 54.2 Å². The summed E-state index contributed by atoms with van der Waals surface area (Å²) in [5.41, 5.74) is 4.33. The highest BCUT2D eigenvalue weighted by Crippen LogP contribution is 2.37. The van der Waals surface area contributed by atoms with Crippen LogP contribution >= 0.6 is 0 Å². The van der Waals surface area contributed by atoms with Gasteiger partial charge in [0.2, 0.25) is 0 Å². The van der Waals surface area contributed by atoms with Gasteiger partial charge in [-0.25, -0.2) is 9.37 Å². The SMILES string of the molecule is CNC(=O)c1c(N2CCNCC2)c2cc(F)c(-c3c(C)ccc4[nH]ncc34)nc2n(-c2c(C)ccnc2C(C)C)c1=O. The molecule has 42 heavy (non-hydrogen) atoms. The average molecular weight is 569 g/mol. The topological polar surface area (TPSA) is 121 Å². The van der Waals surface area contributed by atoms with Crippen LogP contribution in [0.15, 0.2) is 41.5 Å². The Kier molecular flexibility index (Phi) is 6.97. The molecule has 11 heteroatoms. The summed E-state index contributed by atoms with van der Waals surface area (Å²) >= 11 is 0. The van der Waals surface area contributed by atoms with E-state index < -0.39 is 17.3 Å². The number of aryl methyl sites for hydroxylation is 2. The minimum absolute atomic E-state index is 0.0417. The van der Waals surface area contributed by atoms with E-state index in [1.807, 2.05) is 50.8 Å². The summed E-state index contributed by atoms with van der Waals surface area (Å²) in [5, 5.41) is 14.2. The molecule has 0 radical (unpaired) electrons. The summed E-state index contributed by atoms with van der Waals surface area (Å²) in [6.07, 6.45) is 3.36. The van der Waals surface area contributed by atoms with Crippen molar-refractivity contribution in [3.05, 3.63) is 75.2 Å². The third-order valence-electron chi connectivity index (χ3n) is 7.96. The number of rotatable bonds is 5. The van der Waals surface area contributed by atoms with Crippen molar-refractivity contribution in [3.63, 3.8) is 0 Å². The van der Waals surface area contributed by atoms with Crippen molar-refractivity contribution >= 4 is 33.5 Å². The number of amides is 1. The number of carbonyl (C=O) groups excluding carboxylic acids is 1. The number of H-pyrrole nitrogens is 1. The lowest BCUT2D eigenvalue weighted by Gasteiger charge is -2.32. The van der Waals surface area contributed by atoms with E-state index in [1.54, 1.807) is 12.4 Å². The molecule has 1 aliphatic rings. The lowest BCUT2D eigenvalue weighted by atomic mass is 9.99. The van der Waals surface area contributed by atoms with Crippen LogP contribution in [0, 0.1) is 19.7 Å². The Labute approximate surface area is 242 Å². The lowest BCUT2D eigenvalue weighted by molar-refractivity contribution is 0.0962. The molecule has 0 unspecified atom stereocenters. The van der Waals surface area contributed by atoms with Crippen molar-refractivity contribution in [2.75, 3.05) is 38.1 Å². The Morgan fingerprint density at radius 2 is 1.83 bits per heavy atom. The number of hydrogen-bond acceptors (Lipinski definition) is 7. The fourth-order valence-corrected chi connectivity index (χ4v) is 5.92. The van der Waals surface area contributed by atoms with E-state index in [-0.39, 0.29) is 22.8 Å². The largest absolute Gasteiger partial charge is 0.368 e. The minimum Gasteiger partial charge on any atom is -0.368 e. The van der Waals surface area contributed by atoms with E-state index in [0.717, 1.165) is 22.0 Å². The first-order chi connectivity index (χ1) is 20.2. The molecule has 3 N–H and O–H groups in total. The zero-order chi connectivity index (χ0) is 29.7. The molecule has 1 aliphatic heterocycles. The third kappa shape index (κ3) is 4.32. The van der Waals surface area contributed by atoms with Gasteiger partial charge in [0.05, 0.1) is 28.8 Å². The second-order valence-corrected chi connectivity index (χ2v) is 11.0. The zero-order valence-corrected chi connectivity index (χ0v) is 24.3. The summed E-state index contributed by atoms with van der Waals surface area (Å²) in [6, 6.07) is 7.01. The first-order valence-corrected chi connectivity index (χ1v) is 14.1. The predicted octanol–water partition coefficient (Wildman–Crippen LogP) is 3.97. The molecule has 5 heterocycles. The van der Waals surface area contributed by atoms with Gasteiger partial charge in [-0.2, -0.15) is 5.10 Å². The van der Waals surface area contributed by atoms with Gasteiger partial charge >= 0.3 is 0 Å². The van der Waals surface area contributed by atoms with Crippen LogP contribution in [0.3, 0.4) is 0 Å². The van der Waals surface area contributed by atoms with Gasteiger partial charge in [-0.1, -0.05) is 19.9 Å². The molecule has 5 aromatic rings. The van der Waals surface area contributed by atoms with Crippen molar-refractivity contribution in [3.8, 4) is 16.9 Å². The fraction of sp³-hybridized carbons (Fsp3) is 0.323. The summed E-state index contributed by atoms with van der Waals surface area (Å²) in [6.45, 7) is 10.2. The Balaban J connectivity index is 1.82. The van der Waals surface area contributed by atoms with E-state index in [1.165, 1.54) is 17.7 Å². The number of aromatic amines is 1. The Morgan fingerprint density at radius 1 is 1.07 bits per heavy atom. The number of nitrogens with one attached hydrogen (secondary N) is 3. The van der Waals surface area contributed by atoms with Crippen LogP contribution in [-0.2, 0) is 0 Å². The molecule has 1 fully saturated rings. The molecule has 0 saturated carbocycles. The maximum absolute atomic E-state index is 16.4. The Morgan fingerprint density at radius 3 is 2.55 bits per heavy atom. The van der Waals surface area contributed by atoms with Crippen LogP contribution in [0.25, 0.3) is 38.9 Å². The van der Waals surface area contributed by atoms with Crippen LogP contribution in [0.2, 0.25) is 0 Å². The van der Waals surface area contributed by atoms with Crippen molar-refractivity contribution in [2.45, 2.75) is 33.6 Å². The highest BCUT2D eigenvalue weighted by atomic mass is 19.1. The monoisotopic (exact) mass is 568 g/mol. The number of benzene rings is 1. The normalized spacial score (nSPS) is 13.8. The summed E-state index contributed by atoms with van der Waals surface area (Å²) in [7, 11) is 1.49. The highest BCUT2D eigenvalue weighted by Gasteiger charge is 2.31. The molecule has 1 aromatic carbocycles. The molecule has 216 valence electrons. The van der Waals surface area contributed by atoms with Crippen molar-refractivity contribution in [1.82, 2.24) is 35.4 Å². The number of halogens is 1. The number of anilines is 1. The number of fused-ring (bicyclic) bond motifs is 2. The van der Waals surface area contributed by atoms with E-state index in [9.17, 15) is 9.59 Å². The number of pyridine rings is 3. The first-order valence-electron chi connectivity index (χ1n) is 14.1. The van der Waals surface area contributed by atoms with Gasteiger partial charge in [0.25, 0.3) is 11.5 Å². The smallest absolute Gasteiger partial charge is 0.271 e. The van der Waals surface area contributed by atoms with Crippen LogP contribution in [-0.4, -0.2) is 63.9 Å². The molecule has 0 atom stereocenters. The van der Waals surface area contributed by atoms with E-state index in [4.69, 9.17) is 4.98 Å². The number of carbonyl (C=O) groups is 1. The third-order valence-corrected chi connectivity index (χ3v) is 7.96. The first kappa shape index (κ1) is 27.5. The maximum atomic E-state index is 16.4. The molecule has 0 bridgehead atoms. The standard InChI is InChI=1S/C31H33FN8O2/c1-16(2)25-27(18(4)8-9-35-25)40-29-19(28(39-12-10-34-11-13-39)24(31(40)42)30(41)33-5)14-21(32)26(37-29)23-17(3)6-7-22-20(23)15-36-38-22/h6-9,14-16,34H,10-13H2,1-5H3,(H,33,41)(H,36,38). The van der Waals surface area contributed by atoms with Gasteiger partial charge in [-0.15, -0.1) is 0 Å². The highest BCUT2D eigenvalue weighted by molar-refractivity contribution is 6.08.